The van der Waals surface area contributed by atoms with Crippen LogP contribution in [-0.2, 0) is 0 Å². The van der Waals surface area contributed by atoms with Crippen LogP contribution in [0.2, 0.25) is 0 Å². The van der Waals surface area contributed by atoms with Gasteiger partial charge in [-0.05, 0) is 43.6 Å². The Morgan fingerprint density at radius 3 is 2.60 bits per heavy atom. The lowest BCUT2D eigenvalue weighted by Gasteiger charge is -2.01. The SMILES string of the molecule is CC(C)C1CC1CCCN. The minimum atomic E-state index is 0.876. The molecule has 1 heteroatoms. The average Bonchev–Trinajstić information content (AvgIpc) is 2.62. The average molecular weight is 141 g/mol. The Labute approximate surface area is 64.0 Å². The molecule has 0 heterocycles. The van der Waals surface area contributed by atoms with E-state index < -0.39 is 0 Å². The summed E-state index contributed by atoms with van der Waals surface area (Å²) >= 11 is 0. The molecule has 2 N–H and O–H groups in total. The van der Waals surface area contributed by atoms with E-state index in [-0.39, 0.29) is 0 Å². The highest BCUT2D eigenvalue weighted by Gasteiger charge is 2.37. The van der Waals surface area contributed by atoms with Crippen LogP contribution in [0.4, 0.5) is 0 Å². The maximum atomic E-state index is 5.43. The second-order valence-electron chi connectivity index (χ2n) is 3.83. The van der Waals surface area contributed by atoms with Crippen LogP contribution in [0.5, 0.6) is 0 Å². The third-order valence-corrected chi connectivity index (χ3v) is 2.61. The third-order valence-electron chi connectivity index (χ3n) is 2.61. The zero-order chi connectivity index (χ0) is 7.56. The number of rotatable bonds is 4. The van der Waals surface area contributed by atoms with Crippen LogP contribution in [-0.4, -0.2) is 6.54 Å². The molecular weight excluding hydrogens is 122 g/mol. The van der Waals surface area contributed by atoms with Crippen LogP contribution in [0.25, 0.3) is 0 Å². The molecule has 0 aromatic carbocycles. The topological polar surface area (TPSA) is 26.0 Å². The molecule has 0 amide bonds. The van der Waals surface area contributed by atoms with Gasteiger partial charge in [-0.15, -0.1) is 0 Å². The van der Waals surface area contributed by atoms with E-state index in [1.165, 1.54) is 19.3 Å². The zero-order valence-electron chi connectivity index (χ0n) is 7.14. The monoisotopic (exact) mass is 141 g/mol. The summed E-state index contributed by atoms with van der Waals surface area (Å²) < 4.78 is 0. The van der Waals surface area contributed by atoms with Crippen LogP contribution in [0.3, 0.4) is 0 Å². The van der Waals surface area contributed by atoms with Crippen molar-refractivity contribution < 1.29 is 0 Å². The first-order valence-corrected chi connectivity index (χ1v) is 4.45. The smallest absolute Gasteiger partial charge is 0.00772 e. The van der Waals surface area contributed by atoms with Crippen molar-refractivity contribution in [3.05, 3.63) is 0 Å². The van der Waals surface area contributed by atoms with Gasteiger partial charge in [-0.2, -0.15) is 0 Å². The Hall–Kier alpha value is -0.0400. The predicted molar refractivity (Wildman–Crippen MR) is 44.7 cm³/mol. The first kappa shape index (κ1) is 8.06. The lowest BCUT2D eigenvalue weighted by molar-refractivity contribution is 0.497. The lowest BCUT2D eigenvalue weighted by Crippen LogP contribution is -2.00. The van der Waals surface area contributed by atoms with Gasteiger partial charge in [-0.3, -0.25) is 0 Å². The van der Waals surface area contributed by atoms with Crippen LogP contribution >= 0.6 is 0 Å². The summed E-state index contributed by atoms with van der Waals surface area (Å²) in [4.78, 5) is 0. The van der Waals surface area contributed by atoms with Crippen molar-refractivity contribution in [2.24, 2.45) is 23.5 Å². The van der Waals surface area contributed by atoms with Crippen molar-refractivity contribution >= 4 is 0 Å². The number of nitrogens with two attached hydrogens (primary N) is 1. The van der Waals surface area contributed by atoms with Crippen molar-refractivity contribution in [3.8, 4) is 0 Å². The van der Waals surface area contributed by atoms with Crippen molar-refractivity contribution in [2.45, 2.75) is 33.1 Å². The molecule has 2 atom stereocenters. The van der Waals surface area contributed by atoms with E-state index in [9.17, 15) is 0 Å². The molecule has 0 saturated heterocycles. The van der Waals surface area contributed by atoms with Gasteiger partial charge in [0.05, 0.1) is 0 Å². The Bertz CT molecular complexity index is 98.9. The quantitative estimate of drug-likeness (QED) is 0.637. The molecular formula is C9H19N. The van der Waals surface area contributed by atoms with Gasteiger partial charge in [0.1, 0.15) is 0 Å². The zero-order valence-corrected chi connectivity index (χ0v) is 7.14. The molecule has 1 aliphatic rings. The molecule has 1 aliphatic carbocycles. The van der Waals surface area contributed by atoms with Gasteiger partial charge in [0.2, 0.25) is 0 Å². The minimum Gasteiger partial charge on any atom is -0.330 e. The van der Waals surface area contributed by atoms with E-state index in [1.54, 1.807) is 0 Å². The summed E-state index contributed by atoms with van der Waals surface area (Å²) in [7, 11) is 0. The molecule has 1 rings (SSSR count). The minimum absolute atomic E-state index is 0.876. The summed E-state index contributed by atoms with van der Waals surface area (Å²) in [6.07, 6.45) is 4.07. The van der Waals surface area contributed by atoms with Gasteiger partial charge in [-0.1, -0.05) is 13.8 Å². The second kappa shape index (κ2) is 3.38. The Morgan fingerprint density at radius 2 is 2.20 bits per heavy atom. The maximum Gasteiger partial charge on any atom is -0.00772 e. The van der Waals surface area contributed by atoms with Gasteiger partial charge >= 0.3 is 0 Å². The molecule has 0 spiro atoms. The first-order chi connectivity index (χ1) is 4.75. The van der Waals surface area contributed by atoms with Crippen molar-refractivity contribution in [3.63, 3.8) is 0 Å². The Kier molecular flexibility index (Phi) is 2.72. The van der Waals surface area contributed by atoms with E-state index in [0.29, 0.717) is 0 Å². The highest BCUT2D eigenvalue weighted by Crippen LogP contribution is 2.46. The maximum absolute atomic E-state index is 5.43. The molecule has 0 radical (unpaired) electrons. The van der Waals surface area contributed by atoms with Crippen LogP contribution < -0.4 is 5.73 Å². The van der Waals surface area contributed by atoms with Crippen molar-refractivity contribution in [2.75, 3.05) is 6.54 Å². The normalized spacial score (nSPS) is 31.2. The Balaban J connectivity index is 2.02. The van der Waals surface area contributed by atoms with Gasteiger partial charge < -0.3 is 5.73 Å². The molecule has 60 valence electrons. The van der Waals surface area contributed by atoms with Crippen LogP contribution in [0.15, 0.2) is 0 Å². The van der Waals surface area contributed by atoms with Crippen molar-refractivity contribution in [1.29, 1.82) is 0 Å². The van der Waals surface area contributed by atoms with E-state index in [2.05, 4.69) is 13.8 Å². The molecule has 0 aliphatic heterocycles. The molecule has 1 saturated carbocycles. The summed E-state index contributed by atoms with van der Waals surface area (Å²) in [6.45, 7) is 5.53. The van der Waals surface area contributed by atoms with E-state index in [0.717, 1.165) is 24.3 Å². The number of hydrogen-bond acceptors (Lipinski definition) is 1. The molecule has 0 aromatic heterocycles. The molecule has 10 heavy (non-hydrogen) atoms. The summed E-state index contributed by atoms with van der Waals surface area (Å²) in [5.74, 6) is 2.97. The largest absolute Gasteiger partial charge is 0.330 e. The predicted octanol–water partition coefficient (Wildman–Crippen LogP) is 2.02. The van der Waals surface area contributed by atoms with Crippen LogP contribution in [0.1, 0.15) is 33.1 Å². The van der Waals surface area contributed by atoms with Gasteiger partial charge in [0, 0.05) is 0 Å². The Morgan fingerprint density at radius 1 is 1.50 bits per heavy atom. The fraction of sp³-hybridized carbons (Fsp3) is 1.00. The highest BCUT2D eigenvalue weighted by molar-refractivity contribution is 4.87. The number of hydrogen-bond donors (Lipinski definition) is 1. The molecule has 1 nitrogen and oxygen atoms in total. The van der Waals surface area contributed by atoms with Gasteiger partial charge in [0.15, 0.2) is 0 Å². The third kappa shape index (κ3) is 1.98. The molecule has 0 bridgehead atoms. The molecule has 2 unspecified atom stereocenters. The van der Waals surface area contributed by atoms with E-state index in [1.807, 2.05) is 0 Å². The fourth-order valence-corrected chi connectivity index (χ4v) is 1.80. The standard InChI is InChI=1S/C9H19N/c1-7(2)9-6-8(9)4-3-5-10/h7-9H,3-6,10H2,1-2H3. The van der Waals surface area contributed by atoms with Gasteiger partial charge in [-0.25, -0.2) is 0 Å². The fourth-order valence-electron chi connectivity index (χ4n) is 1.80. The second-order valence-corrected chi connectivity index (χ2v) is 3.83. The van der Waals surface area contributed by atoms with Crippen LogP contribution in [0, 0.1) is 17.8 Å². The van der Waals surface area contributed by atoms with Crippen molar-refractivity contribution in [1.82, 2.24) is 0 Å². The van der Waals surface area contributed by atoms with Gasteiger partial charge in [0.25, 0.3) is 0 Å². The highest BCUT2D eigenvalue weighted by atomic mass is 14.5. The van der Waals surface area contributed by atoms with E-state index >= 15 is 0 Å². The lowest BCUT2D eigenvalue weighted by atomic mass is 10.1. The summed E-state index contributed by atoms with van der Waals surface area (Å²) in [6, 6.07) is 0. The van der Waals surface area contributed by atoms with E-state index in [4.69, 9.17) is 5.73 Å². The molecule has 1 fully saturated rings. The summed E-state index contributed by atoms with van der Waals surface area (Å²) in [5.41, 5.74) is 5.43. The first-order valence-electron chi connectivity index (χ1n) is 4.45. The molecule has 0 aromatic rings. The summed E-state index contributed by atoms with van der Waals surface area (Å²) in [5, 5.41) is 0.